The van der Waals surface area contributed by atoms with Crippen LogP contribution in [0.3, 0.4) is 0 Å². The van der Waals surface area contributed by atoms with Gasteiger partial charge in [-0.05, 0) is 23.6 Å². The van der Waals surface area contributed by atoms with Gasteiger partial charge in [-0.2, -0.15) is 0 Å². The van der Waals surface area contributed by atoms with Crippen LogP contribution in [0, 0.1) is 0 Å². The van der Waals surface area contributed by atoms with E-state index in [2.05, 4.69) is 21.2 Å². The lowest BCUT2D eigenvalue weighted by Gasteiger charge is -2.34. The quantitative estimate of drug-likeness (QED) is 0.850. The first-order valence-electron chi connectivity index (χ1n) is 7.67. The highest BCUT2D eigenvalue weighted by Gasteiger charge is 2.19. The van der Waals surface area contributed by atoms with Gasteiger partial charge in [-0.25, -0.2) is 0 Å². The molecule has 1 N–H and O–H groups in total. The first kappa shape index (κ1) is 16.9. The first-order valence-corrected chi connectivity index (χ1v) is 9.74. The Morgan fingerprint density at radius 1 is 1.13 bits per heavy atom. The summed E-state index contributed by atoms with van der Waals surface area (Å²) < 4.78 is 0.848. The van der Waals surface area contributed by atoms with E-state index in [1.165, 1.54) is 9.75 Å². The van der Waals surface area contributed by atoms with Crippen molar-refractivity contribution in [2.75, 3.05) is 32.7 Å². The molecule has 0 atom stereocenters. The molecule has 0 spiro atoms. The molecule has 3 heterocycles. The predicted octanol–water partition coefficient (Wildman–Crippen LogP) is 2.90. The largest absolute Gasteiger partial charge is 0.350 e. The number of halogens is 1. The molecule has 0 unspecified atom stereocenters. The molecule has 0 bridgehead atoms. The molecule has 1 saturated heterocycles. The summed E-state index contributed by atoms with van der Waals surface area (Å²) in [7, 11) is 0. The summed E-state index contributed by atoms with van der Waals surface area (Å²) in [5.41, 5.74) is 0. The highest BCUT2D eigenvalue weighted by Crippen LogP contribution is 2.23. The third kappa shape index (κ3) is 5.29. The molecule has 0 saturated carbocycles. The lowest BCUT2D eigenvalue weighted by atomic mass is 10.3. The summed E-state index contributed by atoms with van der Waals surface area (Å²) in [6.45, 7) is 5.94. The van der Waals surface area contributed by atoms with Crippen LogP contribution < -0.4 is 5.32 Å². The molecule has 0 aromatic carbocycles. The van der Waals surface area contributed by atoms with E-state index in [4.69, 9.17) is 11.6 Å². The normalized spacial score (nSPS) is 16.6. The molecule has 0 aliphatic carbocycles. The highest BCUT2D eigenvalue weighted by molar-refractivity contribution is 7.16. The number of carbonyl (C=O) groups excluding carboxylic acids is 1. The number of carbonyl (C=O) groups is 1. The zero-order chi connectivity index (χ0) is 16.1. The molecular weight excluding hydrogens is 350 g/mol. The number of hydrogen-bond acceptors (Lipinski definition) is 5. The maximum Gasteiger partial charge on any atom is 0.234 e. The number of hydrogen-bond donors (Lipinski definition) is 1. The van der Waals surface area contributed by atoms with Crippen molar-refractivity contribution in [2.45, 2.75) is 13.1 Å². The predicted molar refractivity (Wildman–Crippen MR) is 97.2 cm³/mol. The molecule has 7 heteroatoms. The molecule has 2 aromatic rings. The second-order valence-corrected chi connectivity index (χ2v) is 8.45. The molecule has 124 valence electrons. The Bertz CT molecular complexity index is 621. The van der Waals surface area contributed by atoms with E-state index in [1.54, 1.807) is 22.7 Å². The Kier molecular flexibility index (Phi) is 6.08. The molecule has 1 aliphatic heterocycles. The summed E-state index contributed by atoms with van der Waals surface area (Å²) >= 11 is 9.29. The van der Waals surface area contributed by atoms with Crippen molar-refractivity contribution in [3.8, 4) is 0 Å². The van der Waals surface area contributed by atoms with E-state index in [0.717, 1.165) is 37.1 Å². The van der Waals surface area contributed by atoms with Crippen molar-refractivity contribution >= 4 is 40.2 Å². The molecule has 1 aliphatic rings. The zero-order valence-electron chi connectivity index (χ0n) is 12.8. The van der Waals surface area contributed by atoms with Crippen LogP contribution in [-0.4, -0.2) is 48.4 Å². The van der Waals surface area contributed by atoms with Gasteiger partial charge >= 0.3 is 0 Å². The lowest BCUT2D eigenvalue weighted by molar-refractivity contribution is -0.122. The fraction of sp³-hybridized carbons (Fsp3) is 0.438. The van der Waals surface area contributed by atoms with Gasteiger partial charge < -0.3 is 5.32 Å². The Labute approximate surface area is 149 Å². The van der Waals surface area contributed by atoms with E-state index in [1.807, 2.05) is 23.6 Å². The van der Waals surface area contributed by atoms with E-state index in [9.17, 15) is 4.79 Å². The molecule has 2 aromatic heterocycles. The minimum Gasteiger partial charge on any atom is -0.350 e. The van der Waals surface area contributed by atoms with Crippen LogP contribution in [0.4, 0.5) is 0 Å². The van der Waals surface area contributed by atoms with Crippen LogP contribution in [0.1, 0.15) is 9.75 Å². The third-order valence-corrected chi connectivity index (χ3v) is 5.97. The average molecular weight is 370 g/mol. The summed E-state index contributed by atoms with van der Waals surface area (Å²) in [5.74, 6) is 0.108. The van der Waals surface area contributed by atoms with Crippen LogP contribution in [0.15, 0.2) is 29.6 Å². The van der Waals surface area contributed by atoms with Crippen LogP contribution >= 0.6 is 34.3 Å². The van der Waals surface area contributed by atoms with Gasteiger partial charge in [0.2, 0.25) is 5.91 Å². The van der Waals surface area contributed by atoms with Crippen molar-refractivity contribution in [1.29, 1.82) is 0 Å². The molecular formula is C16H20ClN3OS2. The Morgan fingerprint density at radius 3 is 2.57 bits per heavy atom. The molecule has 3 rings (SSSR count). The van der Waals surface area contributed by atoms with Crippen LogP contribution in [0.2, 0.25) is 4.34 Å². The second kappa shape index (κ2) is 8.26. The summed E-state index contributed by atoms with van der Waals surface area (Å²) in [4.78, 5) is 19.1. The monoisotopic (exact) mass is 369 g/mol. The van der Waals surface area contributed by atoms with Crippen LogP contribution in [-0.2, 0) is 17.9 Å². The number of nitrogens with zero attached hydrogens (tertiary/aromatic N) is 2. The fourth-order valence-corrected chi connectivity index (χ4v) is 4.40. The Hall–Kier alpha value is -0.920. The van der Waals surface area contributed by atoms with E-state index in [-0.39, 0.29) is 5.91 Å². The summed E-state index contributed by atoms with van der Waals surface area (Å²) in [5, 5.41) is 5.02. The maximum absolute atomic E-state index is 12.0. The second-order valence-electron chi connectivity index (χ2n) is 5.61. The van der Waals surface area contributed by atoms with Gasteiger partial charge in [0.15, 0.2) is 0 Å². The van der Waals surface area contributed by atoms with Gasteiger partial charge in [0.25, 0.3) is 0 Å². The van der Waals surface area contributed by atoms with Gasteiger partial charge in [-0.1, -0.05) is 17.7 Å². The van der Waals surface area contributed by atoms with Gasteiger partial charge in [-0.15, -0.1) is 22.7 Å². The molecule has 4 nitrogen and oxygen atoms in total. The fourth-order valence-electron chi connectivity index (χ4n) is 2.62. The van der Waals surface area contributed by atoms with Gasteiger partial charge in [-0.3, -0.25) is 14.6 Å². The van der Waals surface area contributed by atoms with Crippen molar-refractivity contribution < 1.29 is 4.79 Å². The number of piperazine rings is 1. The Balaban J connectivity index is 1.36. The SMILES string of the molecule is O=C(CN1CCN(Cc2ccc(Cl)s2)CC1)NCc1cccs1. The number of nitrogens with one attached hydrogen (secondary N) is 1. The molecule has 23 heavy (non-hydrogen) atoms. The zero-order valence-corrected chi connectivity index (χ0v) is 15.2. The number of rotatable bonds is 6. The van der Waals surface area contributed by atoms with Gasteiger partial charge in [0, 0.05) is 42.5 Å². The number of thiophene rings is 2. The van der Waals surface area contributed by atoms with Crippen molar-refractivity contribution in [3.63, 3.8) is 0 Å². The number of amides is 1. The lowest BCUT2D eigenvalue weighted by Crippen LogP contribution is -2.48. The highest BCUT2D eigenvalue weighted by atomic mass is 35.5. The maximum atomic E-state index is 12.0. The van der Waals surface area contributed by atoms with E-state index >= 15 is 0 Å². The minimum atomic E-state index is 0.108. The molecule has 0 radical (unpaired) electrons. The minimum absolute atomic E-state index is 0.108. The standard InChI is InChI=1S/C16H20ClN3OS2/c17-15-4-3-14(23-15)11-19-5-7-20(8-6-19)12-16(21)18-10-13-2-1-9-22-13/h1-4,9H,5-8,10-12H2,(H,18,21). The van der Waals surface area contributed by atoms with Crippen LogP contribution in [0.25, 0.3) is 0 Å². The van der Waals surface area contributed by atoms with Gasteiger partial charge in [0.1, 0.15) is 0 Å². The van der Waals surface area contributed by atoms with E-state index in [0.29, 0.717) is 13.1 Å². The summed E-state index contributed by atoms with van der Waals surface area (Å²) in [6, 6.07) is 8.10. The van der Waals surface area contributed by atoms with Crippen LogP contribution in [0.5, 0.6) is 0 Å². The van der Waals surface area contributed by atoms with Crippen molar-refractivity contribution in [1.82, 2.24) is 15.1 Å². The summed E-state index contributed by atoms with van der Waals surface area (Å²) in [6.07, 6.45) is 0. The molecule has 1 fully saturated rings. The molecule has 1 amide bonds. The van der Waals surface area contributed by atoms with E-state index < -0.39 is 0 Å². The topological polar surface area (TPSA) is 35.6 Å². The Morgan fingerprint density at radius 2 is 1.91 bits per heavy atom. The average Bonchev–Trinajstić information content (AvgIpc) is 3.19. The third-order valence-electron chi connectivity index (χ3n) is 3.88. The first-order chi connectivity index (χ1) is 11.2. The van der Waals surface area contributed by atoms with Gasteiger partial charge in [0.05, 0.1) is 17.4 Å². The van der Waals surface area contributed by atoms with Crippen molar-refractivity contribution in [2.24, 2.45) is 0 Å². The smallest absolute Gasteiger partial charge is 0.234 e. The van der Waals surface area contributed by atoms with Crippen molar-refractivity contribution in [3.05, 3.63) is 43.7 Å².